The minimum absolute atomic E-state index is 0.125. The van der Waals surface area contributed by atoms with Gasteiger partial charge in [-0.15, -0.1) is 0 Å². The minimum atomic E-state index is -4.13. The molecule has 1 rings (SSSR count). The molecule has 1 amide bonds. The highest BCUT2D eigenvalue weighted by molar-refractivity contribution is 7.89. The Hall–Kier alpha value is -1.94. The van der Waals surface area contributed by atoms with E-state index in [1.54, 1.807) is 13.8 Å². The van der Waals surface area contributed by atoms with Gasteiger partial charge >= 0.3 is 5.97 Å². The van der Waals surface area contributed by atoms with Crippen LogP contribution < -0.4 is 5.32 Å². The van der Waals surface area contributed by atoms with E-state index in [0.29, 0.717) is 0 Å². The molecule has 0 atom stereocenters. The molecule has 1 aromatic rings. The Labute approximate surface area is 116 Å². The Morgan fingerprint density at radius 2 is 2.10 bits per heavy atom. The molecule has 10 heteroatoms. The standard InChI is InChI=1S/C10H16N4O5S/c1-6(2)12-8(15)5-14(3)20(18,19)9-7(10(16)17)4-11-13-9/h4,6H,5H2,1-3H3,(H,11,13)(H,12,15)(H,16,17). The number of nitrogens with zero attached hydrogens (tertiary/aromatic N) is 2. The van der Waals surface area contributed by atoms with Gasteiger partial charge in [-0.3, -0.25) is 9.89 Å². The van der Waals surface area contributed by atoms with E-state index in [4.69, 9.17) is 5.11 Å². The normalized spacial score (nSPS) is 11.8. The van der Waals surface area contributed by atoms with Gasteiger partial charge in [0.15, 0.2) is 5.03 Å². The largest absolute Gasteiger partial charge is 0.478 e. The van der Waals surface area contributed by atoms with Crippen LogP contribution in [0.15, 0.2) is 11.2 Å². The summed E-state index contributed by atoms with van der Waals surface area (Å²) in [6.45, 7) is 3.06. The number of carbonyl (C=O) groups is 2. The number of aromatic amines is 1. The summed E-state index contributed by atoms with van der Waals surface area (Å²) < 4.78 is 25.1. The van der Waals surface area contributed by atoms with Gasteiger partial charge in [-0.05, 0) is 13.8 Å². The van der Waals surface area contributed by atoms with E-state index in [-0.39, 0.29) is 6.04 Å². The van der Waals surface area contributed by atoms with Crippen LogP contribution in [0.4, 0.5) is 0 Å². The average molecular weight is 304 g/mol. The van der Waals surface area contributed by atoms with Crippen molar-refractivity contribution < 1.29 is 23.1 Å². The lowest BCUT2D eigenvalue weighted by Crippen LogP contribution is -2.41. The van der Waals surface area contributed by atoms with E-state index >= 15 is 0 Å². The lowest BCUT2D eigenvalue weighted by molar-refractivity contribution is -0.121. The molecule has 1 aromatic heterocycles. The van der Waals surface area contributed by atoms with Crippen LogP contribution >= 0.6 is 0 Å². The topological polar surface area (TPSA) is 132 Å². The number of H-pyrrole nitrogens is 1. The zero-order valence-corrected chi connectivity index (χ0v) is 12.1. The number of carbonyl (C=O) groups excluding carboxylic acids is 1. The van der Waals surface area contributed by atoms with Gasteiger partial charge < -0.3 is 10.4 Å². The smallest absolute Gasteiger partial charge is 0.340 e. The lowest BCUT2D eigenvalue weighted by Gasteiger charge is -2.17. The fraction of sp³-hybridized carbons (Fsp3) is 0.500. The molecule has 3 N–H and O–H groups in total. The molecule has 0 aliphatic carbocycles. The Morgan fingerprint density at radius 3 is 2.60 bits per heavy atom. The van der Waals surface area contributed by atoms with Crippen LogP contribution in [0.3, 0.4) is 0 Å². The molecule has 0 bridgehead atoms. The van der Waals surface area contributed by atoms with Crippen LogP contribution in [0.2, 0.25) is 0 Å². The van der Waals surface area contributed by atoms with Crippen LogP contribution in [0, 0.1) is 0 Å². The molecular weight excluding hydrogens is 288 g/mol. The van der Waals surface area contributed by atoms with Crippen LogP contribution in [-0.2, 0) is 14.8 Å². The van der Waals surface area contributed by atoms with Crippen molar-refractivity contribution in [2.24, 2.45) is 0 Å². The Morgan fingerprint density at radius 1 is 1.50 bits per heavy atom. The molecule has 9 nitrogen and oxygen atoms in total. The third kappa shape index (κ3) is 3.54. The maximum Gasteiger partial charge on any atom is 0.340 e. The Bertz CT molecular complexity index is 607. The first kappa shape index (κ1) is 16.1. The highest BCUT2D eigenvalue weighted by Gasteiger charge is 2.29. The summed E-state index contributed by atoms with van der Waals surface area (Å²) in [5, 5.41) is 16.4. The summed E-state index contributed by atoms with van der Waals surface area (Å²) in [6.07, 6.45) is 0.900. The summed E-state index contributed by atoms with van der Waals surface area (Å²) in [5.74, 6) is -1.90. The summed E-state index contributed by atoms with van der Waals surface area (Å²) in [7, 11) is -2.95. The number of nitrogens with one attached hydrogen (secondary N) is 2. The third-order valence-corrected chi connectivity index (χ3v) is 4.10. The van der Waals surface area contributed by atoms with E-state index in [0.717, 1.165) is 10.5 Å². The number of sulfonamides is 1. The fourth-order valence-electron chi connectivity index (χ4n) is 1.43. The van der Waals surface area contributed by atoms with Gasteiger partial charge in [-0.2, -0.15) is 9.40 Å². The summed E-state index contributed by atoms with van der Waals surface area (Å²) in [6, 6.07) is -0.125. The van der Waals surface area contributed by atoms with Crippen LogP contribution in [0.1, 0.15) is 24.2 Å². The fourth-order valence-corrected chi connectivity index (χ4v) is 2.62. The lowest BCUT2D eigenvalue weighted by atomic mass is 10.4. The molecule has 0 saturated heterocycles. The monoisotopic (exact) mass is 304 g/mol. The highest BCUT2D eigenvalue weighted by atomic mass is 32.2. The van der Waals surface area contributed by atoms with Gasteiger partial charge in [-0.25, -0.2) is 13.2 Å². The van der Waals surface area contributed by atoms with Crippen LogP contribution in [0.5, 0.6) is 0 Å². The quantitative estimate of drug-likeness (QED) is 0.633. The maximum absolute atomic E-state index is 12.2. The van der Waals surface area contributed by atoms with E-state index < -0.39 is 39.0 Å². The maximum atomic E-state index is 12.2. The number of amides is 1. The van der Waals surface area contributed by atoms with Crippen molar-refractivity contribution in [1.29, 1.82) is 0 Å². The predicted octanol–water partition coefficient (Wildman–Crippen LogP) is -0.747. The molecule has 0 fully saturated rings. The van der Waals surface area contributed by atoms with E-state index in [2.05, 4.69) is 15.5 Å². The second-order valence-electron chi connectivity index (χ2n) is 4.40. The van der Waals surface area contributed by atoms with E-state index in [1.807, 2.05) is 0 Å². The van der Waals surface area contributed by atoms with Gasteiger partial charge in [0.2, 0.25) is 5.91 Å². The van der Waals surface area contributed by atoms with E-state index in [9.17, 15) is 18.0 Å². The van der Waals surface area contributed by atoms with E-state index in [1.165, 1.54) is 7.05 Å². The minimum Gasteiger partial charge on any atom is -0.478 e. The summed E-state index contributed by atoms with van der Waals surface area (Å²) >= 11 is 0. The molecule has 112 valence electrons. The zero-order chi connectivity index (χ0) is 15.5. The van der Waals surface area contributed by atoms with Gasteiger partial charge in [0, 0.05) is 13.1 Å². The molecule has 0 spiro atoms. The van der Waals surface area contributed by atoms with Crippen LogP contribution in [-0.4, -0.2) is 59.5 Å². The van der Waals surface area contributed by atoms with Crippen molar-refractivity contribution in [3.63, 3.8) is 0 Å². The van der Waals surface area contributed by atoms with Crippen molar-refractivity contribution in [1.82, 2.24) is 19.8 Å². The Balaban J connectivity index is 2.96. The number of aromatic nitrogens is 2. The molecule has 0 aliphatic heterocycles. The number of hydrogen-bond donors (Lipinski definition) is 3. The zero-order valence-electron chi connectivity index (χ0n) is 11.2. The first-order chi connectivity index (χ1) is 9.16. The molecule has 0 aliphatic rings. The van der Waals surface area contributed by atoms with Gasteiger partial charge in [0.25, 0.3) is 10.0 Å². The van der Waals surface area contributed by atoms with Crippen molar-refractivity contribution in [3.05, 3.63) is 11.8 Å². The molecule has 0 unspecified atom stereocenters. The molecule has 0 aromatic carbocycles. The van der Waals surface area contributed by atoms with Crippen molar-refractivity contribution in [2.75, 3.05) is 13.6 Å². The first-order valence-corrected chi connectivity index (χ1v) is 7.12. The number of carboxylic acids is 1. The predicted molar refractivity (Wildman–Crippen MR) is 68.6 cm³/mol. The van der Waals surface area contributed by atoms with Gasteiger partial charge in [-0.1, -0.05) is 0 Å². The second-order valence-corrected chi connectivity index (χ2v) is 6.38. The van der Waals surface area contributed by atoms with Crippen molar-refractivity contribution >= 4 is 21.9 Å². The van der Waals surface area contributed by atoms with Gasteiger partial charge in [0.05, 0.1) is 12.7 Å². The SMILES string of the molecule is CC(C)NC(=O)CN(C)S(=O)(=O)c1[nH]ncc1C(=O)O. The number of likely N-dealkylation sites (N-methyl/N-ethyl adjacent to an activating group) is 1. The summed E-state index contributed by atoms with van der Waals surface area (Å²) in [4.78, 5) is 22.4. The average Bonchev–Trinajstić information content (AvgIpc) is 2.76. The Kier molecular flexibility index (Phi) is 4.84. The molecule has 20 heavy (non-hydrogen) atoms. The van der Waals surface area contributed by atoms with Crippen LogP contribution in [0.25, 0.3) is 0 Å². The third-order valence-electron chi connectivity index (χ3n) is 2.32. The summed E-state index contributed by atoms with van der Waals surface area (Å²) in [5.41, 5.74) is -0.471. The van der Waals surface area contributed by atoms with Crippen molar-refractivity contribution in [2.45, 2.75) is 24.9 Å². The number of rotatable bonds is 6. The number of carboxylic acid groups (broad SMARTS) is 1. The van der Waals surface area contributed by atoms with Crippen molar-refractivity contribution in [3.8, 4) is 0 Å². The molecule has 1 heterocycles. The molecular formula is C10H16N4O5S. The first-order valence-electron chi connectivity index (χ1n) is 5.68. The van der Waals surface area contributed by atoms with Gasteiger partial charge in [0.1, 0.15) is 5.56 Å². The number of aromatic carboxylic acids is 1. The molecule has 0 radical (unpaired) electrons. The second kappa shape index (κ2) is 6.01. The number of hydrogen-bond acceptors (Lipinski definition) is 5. The highest BCUT2D eigenvalue weighted by Crippen LogP contribution is 2.16. The molecule has 0 saturated carbocycles.